The van der Waals surface area contributed by atoms with Crippen molar-refractivity contribution in [2.24, 2.45) is 0 Å². The summed E-state index contributed by atoms with van der Waals surface area (Å²) in [5.74, 6) is -0.523. The number of piperazine rings is 1. The van der Waals surface area contributed by atoms with Crippen molar-refractivity contribution in [1.29, 1.82) is 0 Å². The number of unbranched alkanes of at least 4 members (excludes halogenated alkanes) is 2. The maximum Gasteiger partial charge on any atom is 0.137 e. The van der Waals surface area contributed by atoms with Crippen molar-refractivity contribution >= 4 is 0 Å². The summed E-state index contributed by atoms with van der Waals surface area (Å²) in [6.07, 6.45) is 6.08. The van der Waals surface area contributed by atoms with Crippen LogP contribution in [-0.4, -0.2) is 75.5 Å². The molecule has 2 heterocycles. The predicted molar refractivity (Wildman–Crippen MR) is 129 cm³/mol. The van der Waals surface area contributed by atoms with Crippen LogP contribution in [0.2, 0.25) is 0 Å². The SMILES string of the molecule is OC(CN1CCN(CCCCCOc2ccccc2)CC1)(Cn1cncn1)c1ccc(F)cc1F. The van der Waals surface area contributed by atoms with Crippen LogP contribution in [0.5, 0.6) is 5.75 Å². The van der Waals surface area contributed by atoms with E-state index in [1.165, 1.54) is 29.5 Å². The minimum Gasteiger partial charge on any atom is -0.494 e. The molecule has 1 saturated heterocycles. The van der Waals surface area contributed by atoms with Crippen LogP contribution in [0.1, 0.15) is 24.8 Å². The highest BCUT2D eigenvalue weighted by Gasteiger charge is 2.36. The highest BCUT2D eigenvalue weighted by Crippen LogP contribution is 2.28. The second-order valence-corrected chi connectivity index (χ2v) is 9.09. The molecular formula is C26H33F2N5O2. The van der Waals surface area contributed by atoms with E-state index in [0.29, 0.717) is 0 Å². The minimum atomic E-state index is -1.56. The van der Waals surface area contributed by atoms with Crippen LogP contribution < -0.4 is 4.74 Å². The lowest BCUT2D eigenvalue weighted by molar-refractivity contribution is -0.0319. The van der Waals surface area contributed by atoms with Gasteiger partial charge >= 0.3 is 0 Å². The van der Waals surface area contributed by atoms with E-state index in [0.717, 1.165) is 70.4 Å². The molecule has 7 nitrogen and oxygen atoms in total. The van der Waals surface area contributed by atoms with Crippen molar-refractivity contribution in [1.82, 2.24) is 24.6 Å². The first-order valence-corrected chi connectivity index (χ1v) is 12.1. The highest BCUT2D eigenvalue weighted by atomic mass is 19.1. The molecule has 1 fully saturated rings. The molecule has 0 radical (unpaired) electrons. The fraction of sp³-hybridized carbons (Fsp3) is 0.462. The van der Waals surface area contributed by atoms with Gasteiger partial charge in [-0.05, 0) is 44.0 Å². The first-order valence-electron chi connectivity index (χ1n) is 12.1. The second-order valence-electron chi connectivity index (χ2n) is 9.09. The molecule has 35 heavy (non-hydrogen) atoms. The van der Waals surface area contributed by atoms with Crippen molar-refractivity contribution in [3.05, 3.63) is 78.4 Å². The summed E-state index contributed by atoms with van der Waals surface area (Å²) in [4.78, 5) is 8.46. The minimum absolute atomic E-state index is 0.0286. The zero-order valence-electron chi connectivity index (χ0n) is 19.9. The molecule has 3 aromatic rings. The Labute approximate surface area is 205 Å². The Balaban J connectivity index is 1.23. The Morgan fingerprint density at radius 1 is 0.914 bits per heavy atom. The summed E-state index contributed by atoms with van der Waals surface area (Å²) in [5.41, 5.74) is -1.50. The van der Waals surface area contributed by atoms with Crippen LogP contribution in [0, 0.1) is 11.6 Å². The van der Waals surface area contributed by atoms with Gasteiger partial charge in [0.05, 0.1) is 13.2 Å². The van der Waals surface area contributed by atoms with Gasteiger partial charge in [-0.25, -0.2) is 18.4 Å². The van der Waals surface area contributed by atoms with Crippen LogP contribution in [0.25, 0.3) is 0 Å². The van der Waals surface area contributed by atoms with E-state index in [9.17, 15) is 13.9 Å². The highest BCUT2D eigenvalue weighted by molar-refractivity contribution is 5.26. The molecule has 1 aromatic heterocycles. The zero-order valence-corrected chi connectivity index (χ0v) is 19.9. The molecule has 1 aliphatic rings. The van der Waals surface area contributed by atoms with E-state index < -0.39 is 17.2 Å². The van der Waals surface area contributed by atoms with Crippen LogP contribution in [0.4, 0.5) is 8.78 Å². The molecule has 0 bridgehead atoms. The van der Waals surface area contributed by atoms with E-state index in [2.05, 4.69) is 19.9 Å². The third kappa shape index (κ3) is 7.30. The zero-order chi connectivity index (χ0) is 24.5. The number of rotatable bonds is 12. The van der Waals surface area contributed by atoms with Crippen molar-refractivity contribution in [3.8, 4) is 5.75 Å². The number of ether oxygens (including phenoxy) is 1. The molecule has 1 unspecified atom stereocenters. The average molecular weight is 486 g/mol. The summed E-state index contributed by atoms with van der Waals surface area (Å²) in [6, 6.07) is 13.2. The van der Waals surface area contributed by atoms with E-state index >= 15 is 0 Å². The number of β-amino-alcohol motifs (C(OH)–C–C–N with tert-alkyl or cyclic N) is 1. The van der Waals surface area contributed by atoms with Gasteiger partial charge in [-0.3, -0.25) is 4.90 Å². The van der Waals surface area contributed by atoms with Gasteiger partial charge in [0.25, 0.3) is 0 Å². The van der Waals surface area contributed by atoms with Crippen LogP contribution >= 0.6 is 0 Å². The van der Waals surface area contributed by atoms with E-state index in [1.807, 2.05) is 30.3 Å². The molecule has 9 heteroatoms. The van der Waals surface area contributed by atoms with E-state index in [1.54, 1.807) is 0 Å². The van der Waals surface area contributed by atoms with Crippen LogP contribution in [0.15, 0.2) is 61.2 Å². The topological polar surface area (TPSA) is 66.7 Å². The maximum atomic E-state index is 14.6. The lowest BCUT2D eigenvalue weighted by Gasteiger charge is -2.39. The molecule has 1 N–H and O–H groups in total. The van der Waals surface area contributed by atoms with E-state index in [-0.39, 0.29) is 18.7 Å². The molecule has 188 valence electrons. The molecule has 4 rings (SSSR count). The predicted octanol–water partition coefficient (Wildman–Crippen LogP) is 3.31. The largest absolute Gasteiger partial charge is 0.494 e. The molecule has 0 saturated carbocycles. The normalized spacial score (nSPS) is 16.8. The van der Waals surface area contributed by atoms with Gasteiger partial charge < -0.3 is 14.7 Å². The number of hydrogen-bond acceptors (Lipinski definition) is 6. The summed E-state index contributed by atoms with van der Waals surface area (Å²) in [7, 11) is 0. The Morgan fingerprint density at radius 2 is 1.69 bits per heavy atom. The molecule has 1 aliphatic heterocycles. The standard InChI is InChI=1S/C26H33F2N5O2/c27-22-9-10-24(25(28)17-22)26(34,19-33-21-29-20-30-33)18-32-14-12-31(13-15-32)11-5-2-6-16-35-23-7-3-1-4-8-23/h1,3-4,7-10,17,20-21,34H,2,5-6,11-16,18-19H2. The van der Waals surface area contributed by atoms with Crippen molar-refractivity contribution in [2.45, 2.75) is 31.4 Å². The quantitative estimate of drug-likeness (QED) is 0.397. The smallest absolute Gasteiger partial charge is 0.137 e. The number of aliphatic hydroxyl groups is 1. The Kier molecular flexibility index (Phi) is 8.79. The molecule has 0 spiro atoms. The van der Waals surface area contributed by atoms with Crippen molar-refractivity contribution < 1.29 is 18.6 Å². The Bertz CT molecular complexity index is 1030. The third-order valence-corrected chi connectivity index (χ3v) is 6.40. The van der Waals surface area contributed by atoms with Crippen molar-refractivity contribution in [3.63, 3.8) is 0 Å². The van der Waals surface area contributed by atoms with Crippen LogP contribution in [-0.2, 0) is 12.1 Å². The lowest BCUT2D eigenvalue weighted by atomic mass is 9.92. The van der Waals surface area contributed by atoms with Gasteiger partial charge in [0.2, 0.25) is 0 Å². The number of para-hydroxylation sites is 1. The molecular weight excluding hydrogens is 452 g/mol. The monoisotopic (exact) mass is 485 g/mol. The fourth-order valence-electron chi connectivity index (χ4n) is 4.53. The molecule has 2 aromatic carbocycles. The first kappa shape index (κ1) is 25.2. The second kappa shape index (κ2) is 12.2. The number of hydrogen-bond donors (Lipinski definition) is 1. The summed E-state index contributed by atoms with van der Waals surface area (Å²) >= 11 is 0. The molecule has 1 atom stereocenters. The first-order chi connectivity index (χ1) is 17.0. The number of benzene rings is 2. The molecule has 0 amide bonds. The van der Waals surface area contributed by atoms with E-state index in [4.69, 9.17) is 4.74 Å². The summed E-state index contributed by atoms with van der Waals surface area (Å²) < 4.78 is 35.3. The lowest BCUT2D eigenvalue weighted by Crippen LogP contribution is -2.52. The summed E-state index contributed by atoms with van der Waals surface area (Å²) in [6.45, 7) is 5.29. The third-order valence-electron chi connectivity index (χ3n) is 6.40. The van der Waals surface area contributed by atoms with Crippen LogP contribution in [0.3, 0.4) is 0 Å². The molecule has 0 aliphatic carbocycles. The Hall–Kier alpha value is -2.88. The maximum absolute atomic E-state index is 14.6. The van der Waals surface area contributed by atoms with Crippen molar-refractivity contribution in [2.75, 3.05) is 45.9 Å². The van der Waals surface area contributed by atoms with Gasteiger partial charge in [-0.1, -0.05) is 24.3 Å². The summed E-state index contributed by atoms with van der Waals surface area (Å²) in [5, 5.41) is 15.6. The fourth-order valence-corrected chi connectivity index (χ4v) is 4.53. The van der Waals surface area contributed by atoms with Gasteiger partial charge in [0.15, 0.2) is 0 Å². The number of halogens is 2. The van der Waals surface area contributed by atoms with Gasteiger partial charge in [0, 0.05) is 44.4 Å². The van der Waals surface area contributed by atoms with Gasteiger partial charge in [-0.2, -0.15) is 5.10 Å². The number of aromatic nitrogens is 3. The Morgan fingerprint density at radius 3 is 2.40 bits per heavy atom. The van der Waals surface area contributed by atoms with Gasteiger partial charge in [-0.15, -0.1) is 0 Å². The average Bonchev–Trinajstić information content (AvgIpc) is 3.35. The number of nitrogens with zero attached hydrogens (tertiary/aromatic N) is 5. The van der Waals surface area contributed by atoms with Gasteiger partial charge in [0.1, 0.15) is 35.6 Å².